The minimum Gasteiger partial charge on any atom is -0.461 e. The lowest BCUT2D eigenvalue weighted by Crippen LogP contribution is -2.69. The van der Waals surface area contributed by atoms with Gasteiger partial charge in [-0.05, 0) is 80.3 Å². The number of fused-ring (bicyclic) bond motifs is 10. The Morgan fingerprint density at radius 2 is 1.69 bits per heavy atom. The van der Waals surface area contributed by atoms with Crippen LogP contribution in [0.3, 0.4) is 0 Å². The summed E-state index contributed by atoms with van der Waals surface area (Å²) in [5.74, 6) is -2.20. The molecular formula is C42H54NO11+. The zero-order valence-corrected chi connectivity index (χ0v) is 31.3. The van der Waals surface area contributed by atoms with E-state index < -0.39 is 40.0 Å². The van der Waals surface area contributed by atoms with Gasteiger partial charge in [0.25, 0.3) is 0 Å². The number of aldehydes is 1. The normalized spacial score (nSPS) is 47.5. The number of hydrogen-bond acceptors (Lipinski definition) is 11. The van der Waals surface area contributed by atoms with E-state index in [-0.39, 0.29) is 86.3 Å². The van der Waals surface area contributed by atoms with Gasteiger partial charge in [-0.2, -0.15) is 0 Å². The van der Waals surface area contributed by atoms with Gasteiger partial charge in [0.1, 0.15) is 55.3 Å². The molecule has 2 bridgehead atoms. The highest BCUT2D eigenvalue weighted by atomic mass is 16.6. The van der Waals surface area contributed by atoms with Crippen molar-refractivity contribution in [1.82, 2.24) is 0 Å². The molecule has 3 N–H and O–H groups in total. The second kappa shape index (κ2) is 12.7. The van der Waals surface area contributed by atoms with E-state index in [4.69, 9.17) is 18.9 Å². The molecule has 4 aliphatic carbocycles. The zero-order chi connectivity index (χ0) is 37.8. The standard InChI is InChI=1S/C42H54NO11/c1-39-12-9-30-31(42(39,50)15-11-29(39)25-16-34(46)51-22-25)10-14-41(49)19-26(8-13-40(30,41)23-45)52-35(47)20-43(2)32-17-27(18-33(43)37-36(32)54-37)53-38(48)28(21-44)24-6-4-3-5-7-24/h3-7,16,23,26-33,36-37,44,49-50H,8-15,17-22H2,1-2H3/q+1/t26-,27?,28-,29+,30-,31+,32+,33+,36-,37+,39-,40+,41-,42+,43?/m1/s1. The van der Waals surface area contributed by atoms with Crippen molar-refractivity contribution in [2.24, 2.45) is 28.6 Å². The number of hydrogen-bond donors (Lipinski definition) is 3. The smallest absolute Gasteiger partial charge is 0.362 e. The van der Waals surface area contributed by atoms with Gasteiger partial charge in [-0.25, -0.2) is 9.59 Å². The number of epoxide rings is 1. The molecule has 8 aliphatic rings. The summed E-state index contributed by atoms with van der Waals surface area (Å²) in [4.78, 5) is 52.1. The number of cyclic esters (lactones) is 1. The number of quaternary nitrogens is 1. The van der Waals surface area contributed by atoms with Crippen molar-refractivity contribution in [2.45, 2.75) is 131 Å². The first-order valence-corrected chi connectivity index (χ1v) is 20.1. The van der Waals surface area contributed by atoms with Crippen molar-refractivity contribution in [3.8, 4) is 0 Å². The van der Waals surface area contributed by atoms with Gasteiger partial charge >= 0.3 is 17.9 Å². The highest BCUT2D eigenvalue weighted by molar-refractivity contribution is 5.85. The largest absolute Gasteiger partial charge is 0.461 e. The number of likely N-dealkylation sites (N-methyl/N-ethyl adjacent to an activating group) is 1. The van der Waals surface area contributed by atoms with Crippen LogP contribution < -0.4 is 0 Å². The van der Waals surface area contributed by atoms with Crippen LogP contribution in [0.15, 0.2) is 42.0 Å². The maximum absolute atomic E-state index is 13.8. The third-order valence-corrected chi connectivity index (χ3v) is 16.4. The fourth-order valence-electron chi connectivity index (χ4n) is 13.6. The van der Waals surface area contributed by atoms with Crippen molar-refractivity contribution >= 4 is 24.2 Å². The lowest BCUT2D eigenvalue weighted by atomic mass is 9.41. The van der Waals surface area contributed by atoms with E-state index in [9.17, 15) is 34.5 Å². The Morgan fingerprint density at radius 1 is 0.963 bits per heavy atom. The molecule has 4 saturated carbocycles. The SMILES string of the molecule is C[C@]12CC[C@@H]3[C@H](CC[C@@]4(O)C[C@H](OC(=O)C[N+]5(C)[C@H]6CC(OC(=O)[C@H](CO)c7ccccc7)C[C@H]5[C@H]5O[C@H]56)CC[C@]34C=O)[C@@]1(O)CC[C@H]2C1=CC(=O)OC1. The molecule has 54 heavy (non-hydrogen) atoms. The van der Waals surface area contributed by atoms with E-state index in [1.807, 2.05) is 18.2 Å². The second-order valence-electron chi connectivity index (χ2n) is 18.5. The predicted molar refractivity (Wildman–Crippen MR) is 190 cm³/mol. The van der Waals surface area contributed by atoms with Crippen LogP contribution in [0, 0.1) is 28.6 Å². The quantitative estimate of drug-likeness (QED) is 0.112. The molecule has 12 heteroatoms. The Morgan fingerprint density at radius 3 is 2.35 bits per heavy atom. The number of nitrogens with zero attached hydrogens (tertiary/aromatic N) is 1. The fourth-order valence-corrected chi connectivity index (χ4v) is 13.6. The van der Waals surface area contributed by atoms with Gasteiger partial charge in [0, 0.05) is 30.8 Å². The Kier molecular flexibility index (Phi) is 8.56. The molecule has 2 unspecified atom stereocenters. The average Bonchev–Trinajstić information content (AvgIpc) is 3.69. The summed E-state index contributed by atoms with van der Waals surface area (Å²) >= 11 is 0. The topological polar surface area (TPSA) is 169 Å². The van der Waals surface area contributed by atoms with Crippen molar-refractivity contribution in [2.75, 3.05) is 26.8 Å². The minimum atomic E-state index is -1.35. The van der Waals surface area contributed by atoms with Crippen molar-refractivity contribution in [3.63, 3.8) is 0 Å². The first-order valence-electron chi connectivity index (χ1n) is 20.1. The number of morpholine rings is 1. The Hall–Kier alpha value is -3.16. The summed E-state index contributed by atoms with van der Waals surface area (Å²) in [5, 5.41) is 34.9. The number of rotatable bonds is 9. The Bertz CT molecular complexity index is 1730. The Labute approximate surface area is 315 Å². The molecule has 7 fully saturated rings. The fraction of sp³-hybridized carbons (Fsp3) is 0.714. The van der Waals surface area contributed by atoms with Gasteiger partial charge in [0.05, 0.1) is 30.3 Å². The van der Waals surface area contributed by atoms with Gasteiger partial charge in [-0.3, -0.25) is 4.79 Å². The summed E-state index contributed by atoms with van der Waals surface area (Å²) in [6.07, 6.45) is 7.40. The van der Waals surface area contributed by atoms with Crippen molar-refractivity contribution in [3.05, 3.63) is 47.5 Å². The lowest BCUT2D eigenvalue weighted by molar-refractivity contribution is -0.949. The summed E-state index contributed by atoms with van der Waals surface area (Å²) in [6.45, 7) is 2.19. The number of benzene rings is 1. The molecule has 1 aromatic rings. The third kappa shape index (κ3) is 5.18. The van der Waals surface area contributed by atoms with Gasteiger partial charge in [-0.15, -0.1) is 0 Å². The molecule has 1 aromatic carbocycles. The van der Waals surface area contributed by atoms with Crippen LogP contribution in [0.2, 0.25) is 0 Å². The van der Waals surface area contributed by atoms with Crippen LogP contribution in [-0.4, -0.2) is 119 Å². The van der Waals surface area contributed by atoms with E-state index in [1.54, 1.807) is 18.2 Å². The average molecular weight is 749 g/mol. The summed E-state index contributed by atoms with van der Waals surface area (Å²) < 4.78 is 23.8. The van der Waals surface area contributed by atoms with Crippen LogP contribution >= 0.6 is 0 Å². The van der Waals surface area contributed by atoms with E-state index in [2.05, 4.69) is 14.0 Å². The molecule has 292 valence electrons. The third-order valence-electron chi connectivity index (χ3n) is 16.4. The second-order valence-corrected chi connectivity index (χ2v) is 18.5. The maximum Gasteiger partial charge on any atom is 0.362 e. The summed E-state index contributed by atoms with van der Waals surface area (Å²) in [5.41, 5.74) is -2.21. The van der Waals surface area contributed by atoms with Crippen LogP contribution in [0.25, 0.3) is 0 Å². The lowest BCUT2D eigenvalue weighted by Gasteiger charge is -2.65. The molecule has 4 heterocycles. The van der Waals surface area contributed by atoms with Crippen molar-refractivity contribution in [1.29, 1.82) is 0 Å². The molecule has 12 nitrogen and oxygen atoms in total. The number of ether oxygens (including phenoxy) is 4. The first kappa shape index (κ1) is 36.5. The molecule has 9 rings (SSSR count). The summed E-state index contributed by atoms with van der Waals surface area (Å²) in [7, 11) is 2.06. The number of aliphatic hydroxyl groups excluding tert-OH is 1. The monoisotopic (exact) mass is 748 g/mol. The molecule has 0 aromatic heterocycles. The van der Waals surface area contributed by atoms with Gasteiger partial charge < -0.3 is 43.5 Å². The van der Waals surface area contributed by atoms with Gasteiger partial charge in [-0.1, -0.05) is 37.3 Å². The molecule has 15 atom stereocenters. The number of piperidine rings is 1. The van der Waals surface area contributed by atoms with Gasteiger partial charge in [0.15, 0.2) is 6.54 Å². The van der Waals surface area contributed by atoms with Gasteiger partial charge in [0.2, 0.25) is 0 Å². The number of aliphatic hydroxyl groups is 3. The first-order chi connectivity index (χ1) is 25.8. The molecule has 0 radical (unpaired) electrons. The molecule has 0 amide bonds. The molecule has 3 saturated heterocycles. The van der Waals surface area contributed by atoms with Crippen LogP contribution in [0.4, 0.5) is 0 Å². The zero-order valence-electron chi connectivity index (χ0n) is 31.3. The van der Waals surface area contributed by atoms with E-state index in [1.165, 1.54) is 0 Å². The van der Waals surface area contributed by atoms with E-state index in [0.29, 0.717) is 67.8 Å². The number of esters is 3. The highest BCUT2D eigenvalue weighted by Crippen LogP contribution is 2.70. The maximum atomic E-state index is 13.8. The predicted octanol–water partition coefficient (Wildman–Crippen LogP) is 2.90. The summed E-state index contributed by atoms with van der Waals surface area (Å²) in [6, 6.07) is 9.03. The van der Waals surface area contributed by atoms with Crippen LogP contribution in [-0.2, 0) is 38.1 Å². The Balaban J connectivity index is 0.847. The molecular weight excluding hydrogens is 694 g/mol. The minimum absolute atomic E-state index is 0.00826. The van der Waals surface area contributed by atoms with Crippen LogP contribution in [0.5, 0.6) is 0 Å². The van der Waals surface area contributed by atoms with Crippen LogP contribution in [0.1, 0.15) is 89.0 Å². The van der Waals surface area contributed by atoms with E-state index in [0.717, 1.165) is 18.3 Å². The van der Waals surface area contributed by atoms with Crippen molar-refractivity contribution < 1.29 is 57.9 Å². The number of carbonyl (C=O) groups is 4. The molecule has 4 aliphatic heterocycles. The molecule has 0 spiro atoms. The highest BCUT2D eigenvalue weighted by Gasteiger charge is 2.74. The van der Waals surface area contributed by atoms with E-state index >= 15 is 0 Å². The number of carbonyl (C=O) groups excluding carboxylic acids is 4.